The standard InChI is InChI=1S/C21H27N/c1-18(2)21(20-11-7-4-8-12-20)13-15-22(16-14-21)17-19-9-5-3-6-10-19/h3-12,18H,13-17H2,1-2H3. The first-order valence-electron chi connectivity index (χ1n) is 8.52. The first kappa shape index (κ1) is 15.3. The van der Waals surface area contributed by atoms with Crippen LogP contribution in [0.5, 0.6) is 0 Å². The summed E-state index contributed by atoms with van der Waals surface area (Å²) in [5.41, 5.74) is 3.32. The summed E-state index contributed by atoms with van der Waals surface area (Å²) in [6, 6.07) is 22.0. The summed E-state index contributed by atoms with van der Waals surface area (Å²) in [6.07, 6.45) is 2.53. The van der Waals surface area contributed by atoms with Crippen LogP contribution in [0.15, 0.2) is 60.7 Å². The van der Waals surface area contributed by atoms with Gasteiger partial charge in [-0.2, -0.15) is 0 Å². The molecule has 1 heterocycles. The third-order valence-electron chi connectivity index (χ3n) is 5.45. The number of piperidine rings is 1. The molecule has 0 spiro atoms. The van der Waals surface area contributed by atoms with Gasteiger partial charge in [-0.15, -0.1) is 0 Å². The maximum atomic E-state index is 2.61. The number of benzene rings is 2. The number of hydrogen-bond acceptors (Lipinski definition) is 1. The van der Waals surface area contributed by atoms with Gasteiger partial charge in [0.25, 0.3) is 0 Å². The lowest BCUT2D eigenvalue weighted by atomic mass is 9.65. The van der Waals surface area contributed by atoms with Crippen LogP contribution in [0.25, 0.3) is 0 Å². The molecular weight excluding hydrogens is 266 g/mol. The Hall–Kier alpha value is -1.60. The lowest BCUT2D eigenvalue weighted by Gasteiger charge is -2.45. The van der Waals surface area contributed by atoms with Crippen molar-refractivity contribution >= 4 is 0 Å². The van der Waals surface area contributed by atoms with Crippen LogP contribution >= 0.6 is 0 Å². The summed E-state index contributed by atoms with van der Waals surface area (Å²) in [4.78, 5) is 2.61. The Kier molecular flexibility index (Phi) is 4.63. The Bertz CT molecular complexity index is 565. The van der Waals surface area contributed by atoms with Gasteiger partial charge < -0.3 is 0 Å². The highest BCUT2D eigenvalue weighted by Gasteiger charge is 2.38. The van der Waals surface area contributed by atoms with E-state index < -0.39 is 0 Å². The summed E-state index contributed by atoms with van der Waals surface area (Å²) in [5.74, 6) is 0.689. The first-order chi connectivity index (χ1) is 10.7. The van der Waals surface area contributed by atoms with Crippen molar-refractivity contribution in [3.8, 4) is 0 Å². The molecule has 1 aliphatic rings. The molecule has 0 bridgehead atoms. The maximum Gasteiger partial charge on any atom is 0.0233 e. The van der Waals surface area contributed by atoms with Gasteiger partial charge in [-0.05, 0) is 43.0 Å². The normalized spacial score (nSPS) is 18.5. The molecule has 22 heavy (non-hydrogen) atoms. The van der Waals surface area contributed by atoms with E-state index in [4.69, 9.17) is 0 Å². The predicted octanol–water partition coefficient (Wildman–Crippen LogP) is 4.88. The molecule has 0 atom stereocenters. The van der Waals surface area contributed by atoms with E-state index >= 15 is 0 Å². The minimum Gasteiger partial charge on any atom is -0.299 e. The quantitative estimate of drug-likeness (QED) is 0.777. The molecule has 0 saturated carbocycles. The molecule has 1 aliphatic heterocycles. The predicted molar refractivity (Wildman–Crippen MR) is 93.9 cm³/mol. The van der Waals surface area contributed by atoms with Crippen LogP contribution in [0.2, 0.25) is 0 Å². The Balaban J connectivity index is 1.71. The second-order valence-corrected chi connectivity index (χ2v) is 6.94. The molecule has 0 aromatic heterocycles. The molecule has 0 unspecified atom stereocenters. The molecule has 1 saturated heterocycles. The maximum absolute atomic E-state index is 2.61. The number of nitrogens with zero attached hydrogens (tertiary/aromatic N) is 1. The van der Waals surface area contributed by atoms with Gasteiger partial charge in [-0.3, -0.25) is 4.90 Å². The zero-order valence-electron chi connectivity index (χ0n) is 13.8. The Labute approximate surface area is 135 Å². The average Bonchev–Trinajstić information content (AvgIpc) is 2.57. The van der Waals surface area contributed by atoms with Crippen molar-refractivity contribution < 1.29 is 0 Å². The van der Waals surface area contributed by atoms with Gasteiger partial charge in [0.15, 0.2) is 0 Å². The number of hydrogen-bond donors (Lipinski definition) is 0. The molecule has 2 aromatic carbocycles. The van der Waals surface area contributed by atoms with Gasteiger partial charge in [-0.25, -0.2) is 0 Å². The van der Waals surface area contributed by atoms with Crippen LogP contribution in [0, 0.1) is 5.92 Å². The van der Waals surface area contributed by atoms with E-state index in [1.54, 1.807) is 0 Å². The second kappa shape index (κ2) is 6.66. The van der Waals surface area contributed by atoms with Crippen molar-refractivity contribution in [3.05, 3.63) is 71.8 Å². The van der Waals surface area contributed by atoms with E-state index in [9.17, 15) is 0 Å². The Morgan fingerprint density at radius 1 is 0.864 bits per heavy atom. The summed E-state index contributed by atoms with van der Waals surface area (Å²) in [7, 11) is 0. The van der Waals surface area contributed by atoms with Crippen molar-refractivity contribution in [2.75, 3.05) is 13.1 Å². The van der Waals surface area contributed by atoms with E-state index in [0.29, 0.717) is 11.3 Å². The van der Waals surface area contributed by atoms with E-state index in [0.717, 1.165) is 6.54 Å². The van der Waals surface area contributed by atoms with Crippen LogP contribution < -0.4 is 0 Å². The summed E-state index contributed by atoms with van der Waals surface area (Å²) in [5, 5.41) is 0. The molecule has 1 fully saturated rings. The Morgan fingerprint density at radius 3 is 1.95 bits per heavy atom. The minimum atomic E-state index is 0.356. The Morgan fingerprint density at radius 2 is 1.41 bits per heavy atom. The first-order valence-corrected chi connectivity index (χ1v) is 8.52. The van der Waals surface area contributed by atoms with Crippen LogP contribution in [0.4, 0.5) is 0 Å². The molecule has 0 N–H and O–H groups in total. The van der Waals surface area contributed by atoms with Gasteiger partial charge in [0.1, 0.15) is 0 Å². The lowest BCUT2D eigenvalue weighted by Crippen LogP contribution is -2.45. The molecule has 1 nitrogen and oxygen atoms in total. The molecular formula is C21H27N. The molecule has 3 rings (SSSR count). The van der Waals surface area contributed by atoms with Gasteiger partial charge in [0, 0.05) is 12.0 Å². The largest absolute Gasteiger partial charge is 0.299 e. The smallest absolute Gasteiger partial charge is 0.0233 e. The fraction of sp³-hybridized carbons (Fsp3) is 0.429. The van der Waals surface area contributed by atoms with Gasteiger partial charge >= 0.3 is 0 Å². The van der Waals surface area contributed by atoms with Crippen molar-refractivity contribution in [1.82, 2.24) is 4.90 Å². The molecule has 0 amide bonds. The fourth-order valence-electron chi connectivity index (χ4n) is 3.92. The number of rotatable bonds is 4. The van der Waals surface area contributed by atoms with Crippen molar-refractivity contribution in [3.63, 3.8) is 0 Å². The molecule has 0 aliphatic carbocycles. The SMILES string of the molecule is CC(C)C1(c2ccccc2)CCN(Cc2ccccc2)CC1. The third-order valence-corrected chi connectivity index (χ3v) is 5.45. The highest BCUT2D eigenvalue weighted by Crippen LogP contribution is 2.42. The van der Waals surface area contributed by atoms with Gasteiger partial charge in [0.05, 0.1) is 0 Å². The zero-order chi connectivity index (χ0) is 15.4. The van der Waals surface area contributed by atoms with Crippen molar-refractivity contribution in [2.45, 2.75) is 38.6 Å². The highest BCUT2D eigenvalue weighted by molar-refractivity contribution is 5.27. The van der Waals surface area contributed by atoms with Crippen molar-refractivity contribution in [2.24, 2.45) is 5.92 Å². The summed E-state index contributed by atoms with van der Waals surface area (Å²) < 4.78 is 0. The van der Waals surface area contributed by atoms with E-state index in [2.05, 4.69) is 79.4 Å². The molecule has 1 heteroatoms. The monoisotopic (exact) mass is 293 g/mol. The van der Waals surface area contributed by atoms with E-state index in [1.807, 2.05) is 0 Å². The molecule has 2 aromatic rings. The lowest BCUT2D eigenvalue weighted by molar-refractivity contribution is 0.120. The topological polar surface area (TPSA) is 3.24 Å². The second-order valence-electron chi connectivity index (χ2n) is 6.94. The van der Waals surface area contributed by atoms with E-state index in [-0.39, 0.29) is 0 Å². The molecule has 0 radical (unpaired) electrons. The van der Waals surface area contributed by atoms with Crippen molar-refractivity contribution in [1.29, 1.82) is 0 Å². The summed E-state index contributed by atoms with van der Waals surface area (Å²) in [6.45, 7) is 8.26. The average molecular weight is 293 g/mol. The van der Waals surface area contributed by atoms with Crippen LogP contribution in [0.1, 0.15) is 37.8 Å². The number of likely N-dealkylation sites (tertiary alicyclic amines) is 1. The zero-order valence-corrected chi connectivity index (χ0v) is 13.8. The van der Waals surface area contributed by atoms with Gasteiger partial charge in [0.2, 0.25) is 0 Å². The third kappa shape index (κ3) is 3.10. The van der Waals surface area contributed by atoms with Gasteiger partial charge in [-0.1, -0.05) is 74.5 Å². The molecule has 116 valence electrons. The summed E-state index contributed by atoms with van der Waals surface area (Å²) >= 11 is 0. The highest BCUT2D eigenvalue weighted by atomic mass is 15.1. The van der Waals surface area contributed by atoms with Crippen LogP contribution in [-0.4, -0.2) is 18.0 Å². The van der Waals surface area contributed by atoms with E-state index in [1.165, 1.54) is 37.1 Å². The van der Waals surface area contributed by atoms with Crippen LogP contribution in [0.3, 0.4) is 0 Å². The fourth-order valence-corrected chi connectivity index (χ4v) is 3.92. The van der Waals surface area contributed by atoms with Crippen LogP contribution in [-0.2, 0) is 12.0 Å². The minimum absolute atomic E-state index is 0.356.